The molecule has 0 spiro atoms. The van der Waals surface area contributed by atoms with E-state index < -0.39 is 0 Å². The predicted octanol–water partition coefficient (Wildman–Crippen LogP) is 5.00. The molecule has 1 amide bonds. The number of nitrogens with one attached hydrogen (secondary N) is 1. The van der Waals surface area contributed by atoms with Crippen molar-refractivity contribution in [2.24, 2.45) is 0 Å². The van der Waals surface area contributed by atoms with Crippen molar-refractivity contribution in [3.63, 3.8) is 0 Å². The summed E-state index contributed by atoms with van der Waals surface area (Å²) in [6.45, 7) is 4.25. The minimum atomic E-state index is -0.324. The summed E-state index contributed by atoms with van der Waals surface area (Å²) in [6, 6.07) is 11.3. The molecular formula is C24H23FN4O2. The molecule has 0 bridgehead atoms. The molecule has 2 aromatic carbocycles. The van der Waals surface area contributed by atoms with Gasteiger partial charge in [-0.1, -0.05) is 12.1 Å². The number of amides is 1. The van der Waals surface area contributed by atoms with Crippen molar-refractivity contribution in [2.45, 2.75) is 19.9 Å². The molecule has 158 valence electrons. The third-order valence-electron chi connectivity index (χ3n) is 5.40. The number of hydrogen-bond donors (Lipinski definition) is 1. The maximum absolute atomic E-state index is 13.7. The number of carbonyl (C=O) groups is 1. The maximum Gasteiger partial charge on any atom is 0.254 e. The standard InChI is InChI=1S/C24H23FN4O2/c1-4-31-22-11-17(8-9-20(22)16-6-5-7-19(25)10-16)24(30)29(3)15(2)21-14-26-12-18-13-27-28-23(18)21/h5-15H,4H2,1-3H3,(H,27,28)/t15-/m0/s1. The van der Waals surface area contributed by atoms with Gasteiger partial charge in [0, 0.05) is 41.5 Å². The van der Waals surface area contributed by atoms with Gasteiger partial charge in [-0.25, -0.2) is 4.39 Å². The molecule has 0 saturated carbocycles. The number of halogens is 1. The van der Waals surface area contributed by atoms with E-state index in [1.165, 1.54) is 12.1 Å². The van der Waals surface area contributed by atoms with Gasteiger partial charge in [-0.3, -0.25) is 14.9 Å². The normalized spacial score (nSPS) is 12.0. The zero-order valence-corrected chi connectivity index (χ0v) is 17.6. The Morgan fingerprint density at radius 2 is 2.03 bits per heavy atom. The van der Waals surface area contributed by atoms with E-state index in [0.717, 1.165) is 22.0 Å². The van der Waals surface area contributed by atoms with Gasteiger partial charge in [-0.15, -0.1) is 0 Å². The lowest BCUT2D eigenvalue weighted by atomic mass is 10.0. The van der Waals surface area contributed by atoms with Gasteiger partial charge in [0.25, 0.3) is 5.91 Å². The zero-order chi connectivity index (χ0) is 22.0. The molecule has 0 aliphatic carbocycles. The van der Waals surface area contributed by atoms with Crippen molar-refractivity contribution in [1.29, 1.82) is 0 Å². The van der Waals surface area contributed by atoms with Gasteiger partial charge in [0.05, 0.1) is 24.4 Å². The Morgan fingerprint density at radius 3 is 2.81 bits per heavy atom. The summed E-state index contributed by atoms with van der Waals surface area (Å²) in [4.78, 5) is 19.2. The highest BCUT2D eigenvalue weighted by molar-refractivity contribution is 5.96. The van der Waals surface area contributed by atoms with Crippen LogP contribution < -0.4 is 4.74 Å². The molecule has 1 atom stereocenters. The molecule has 0 aliphatic heterocycles. The second-order valence-corrected chi connectivity index (χ2v) is 7.31. The van der Waals surface area contributed by atoms with E-state index in [1.54, 1.807) is 54.8 Å². The molecule has 0 fully saturated rings. The van der Waals surface area contributed by atoms with Crippen molar-refractivity contribution in [3.8, 4) is 16.9 Å². The lowest BCUT2D eigenvalue weighted by molar-refractivity contribution is 0.0743. The molecule has 0 saturated heterocycles. The van der Waals surface area contributed by atoms with Crippen molar-refractivity contribution >= 4 is 16.8 Å². The number of H-pyrrole nitrogens is 1. The second-order valence-electron chi connectivity index (χ2n) is 7.31. The predicted molar refractivity (Wildman–Crippen MR) is 117 cm³/mol. The number of rotatable bonds is 6. The van der Waals surface area contributed by atoms with Gasteiger partial charge < -0.3 is 9.64 Å². The van der Waals surface area contributed by atoms with Gasteiger partial charge in [0.1, 0.15) is 11.6 Å². The first-order chi connectivity index (χ1) is 15.0. The van der Waals surface area contributed by atoms with Crippen LogP contribution in [0.5, 0.6) is 5.75 Å². The van der Waals surface area contributed by atoms with Crippen LogP contribution in [0.25, 0.3) is 22.0 Å². The molecule has 4 rings (SSSR count). The van der Waals surface area contributed by atoms with Gasteiger partial charge in [-0.05, 0) is 49.7 Å². The van der Waals surface area contributed by atoms with E-state index in [2.05, 4.69) is 15.2 Å². The first kappa shape index (κ1) is 20.5. The summed E-state index contributed by atoms with van der Waals surface area (Å²) in [5, 5.41) is 7.94. The molecule has 6 nitrogen and oxygen atoms in total. The SMILES string of the molecule is CCOc1cc(C(=O)N(C)[C@@H](C)c2cncc3cn[nH]c23)ccc1-c1cccc(F)c1. The number of aromatic amines is 1. The number of benzene rings is 2. The molecule has 2 aromatic heterocycles. The number of carbonyl (C=O) groups excluding carboxylic acids is 1. The highest BCUT2D eigenvalue weighted by Gasteiger charge is 2.22. The van der Waals surface area contributed by atoms with Crippen molar-refractivity contribution in [3.05, 3.63) is 78.0 Å². The molecule has 4 aromatic rings. The minimum absolute atomic E-state index is 0.157. The Kier molecular flexibility index (Phi) is 5.66. The van der Waals surface area contributed by atoms with E-state index in [9.17, 15) is 9.18 Å². The van der Waals surface area contributed by atoms with Crippen molar-refractivity contribution in [2.75, 3.05) is 13.7 Å². The fraction of sp³-hybridized carbons (Fsp3) is 0.208. The molecule has 1 N–H and O–H groups in total. The summed E-state index contributed by atoms with van der Waals surface area (Å²) < 4.78 is 19.5. The molecule has 0 aliphatic rings. The first-order valence-corrected chi connectivity index (χ1v) is 10.1. The summed E-state index contributed by atoms with van der Waals surface area (Å²) in [5.74, 6) is 0.0587. The third kappa shape index (κ3) is 3.99. The monoisotopic (exact) mass is 418 g/mol. The first-order valence-electron chi connectivity index (χ1n) is 10.1. The quantitative estimate of drug-likeness (QED) is 0.479. The zero-order valence-electron chi connectivity index (χ0n) is 17.6. The fourth-order valence-corrected chi connectivity index (χ4v) is 3.62. The Bertz CT molecular complexity index is 1240. The number of nitrogens with zero attached hydrogens (tertiary/aromatic N) is 3. The summed E-state index contributed by atoms with van der Waals surface area (Å²) in [5.41, 5.74) is 3.66. The third-order valence-corrected chi connectivity index (χ3v) is 5.40. The number of aromatic nitrogens is 3. The van der Waals surface area contributed by atoms with Crippen LogP contribution in [-0.2, 0) is 0 Å². The molecule has 0 radical (unpaired) electrons. The lowest BCUT2D eigenvalue weighted by Crippen LogP contribution is -2.30. The smallest absolute Gasteiger partial charge is 0.254 e. The Labute approximate surface area is 179 Å². The van der Waals surface area contributed by atoms with Gasteiger partial charge in [0.15, 0.2) is 0 Å². The van der Waals surface area contributed by atoms with Gasteiger partial charge in [-0.2, -0.15) is 5.10 Å². The average molecular weight is 418 g/mol. The molecule has 2 heterocycles. The maximum atomic E-state index is 13.7. The topological polar surface area (TPSA) is 71.1 Å². The average Bonchev–Trinajstić information content (AvgIpc) is 3.27. The van der Waals surface area contributed by atoms with Crippen LogP contribution in [0.3, 0.4) is 0 Å². The number of hydrogen-bond acceptors (Lipinski definition) is 4. The van der Waals surface area contributed by atoms with E-state index in [4.69, 9.17) is 4.74 Å². The van der Waals surface area contributed by atoms with Crippen LogP contribution >= 0.6 is 0 Å². The van der Waals surface area contributed by atoms with Crippen LogP contribution in [0.2, 0.25) is 0 Å². The van der Waals surface area contributed by atoms with Crippen LogP contribution in [0.15, 0.2) is 61.1 Å². The summed E-state index contributed by atoms with van der Waals surface area (Å²) in [7, 11) is 1.75. The van der Waals surface area contributed by atoms with Crippen LogP contribution in [0.1, 0.15) is 35.8 Å². The Morgan fingerprint density at radius 1 is 1.19 bits per heavy atom. The van der Waals surface area contributed by atoms with E-state index in [-0.39, 0.29) is 17.8 Å². The van der Waals surface area contributed by atoms with E-state index in [0.29, 0.717) is 23.5 Å². The largest absolute Gasteiger partial charge is 0.493 e. The fourth-order valence-electron chi connectivity index (χ4n) is 3.62. The Balaban J connectivity index is 1.66. The summed E-state index contributed by atoms with van der Waals surface area (Å²) >= 11 is 0. The highest BCUT2D eigenvalue weighted by atomic mass is 19.1. The van der Waals surface area contributed by atoms with Gasteiger partial charge >= 0.3 is 0 Å². The van der Waals surface area contributed by atoms with Crippen LogP contribution in [-0.4, -0.2) is 39.6 Å². The van der Waals surface area contributed by atoms with E-state index in [1.807, 2.05) is 19.9 Å². The van der Waals surface area contributed by atoms with Crippen LogP contribution in [0, 0.1) is 5.82 Å². The minimum Gasteiger partial charge on any atom is -0.493 e. The molecule has 0 unspecified atom stereocenters. The second kappa shape index (κ2) is 8.55. The summed E-state index contributed by atoms with van der Waals surface area (Å²) in [6.07, 6.45) is 5.18. The van der Waals surface area contributed by atoms with Crippen molar-refractivity contribution < 1.29 is 13.9 Å². The number of ether oxygens (including phenoxy) is 1. The van der Waals surface area contributed by atoms with Crippen LogP contribution in [0.4, 0.5) is 4.39 Å². The Hall–Kier alpha value is -3.74. The van der Waals surface area contributed by atoms with Crippen molar-refractivity contribution in [1.82, 2.24) is 20.1 Å². The molecular weight excluding hydrogens is 395 g/mol. The highest BCUT2D eigenvalue weighted by Crippen LogP contribution is 2.33. The van der Waals surface area contributed by atoms with Gasteiger partial charge in [0.2, 0.25) is 0 Å². The van der Waals surface area contributed by atoms with E-state index >= 15 is 0 Å². The lowest BCUT2D eigenvalue weighted by Gasteiger charge is -2.26. The number of pyridine rings is 1. The number of fused-ring (bicyclic) bond motifs is 1. The molecule has 7 heteroatoms. The molecule has 31 heavy (non-hydrogen) atoms.